The Balaban J connectivity index is 2.62. The zero-order valence-corrected chi connectivity index (χ0v) is 12.0. The van der Waals surface area contributed by atoms with Crippen molar-refractivity contribution in [1.29, 1.82) is 0 Å². The fourth-order valence-corrected chi connectivity index (χ4v) is 1.80. The van der Waals surface area contributed by atoms with E-state index in [1.807, 2.05) is 25.1 Å². The van der Waals surface area contributed by atoms with Crippen LogP contribution in [0.5, 0.6) is 5.75 Å². The Morgan fingerprint density at radius 3 is 2.74 bits per heavy atom. The third kappa shape index (κ3) is 5.45. The van der Waals surface area contributed by atoms with Gasteiger partial charge in [0.2, 0.25) is 0 Å². The highest BCUT2D eigenvalue weighted by atomic mass is 16.5. The van der Waals surface area contributed by atoms with Crippen molar-refractivity contribution in [2.24, 2.45) is 5.73 Å². The lowest BCUT2D eigenvalue weighted by molar-refractivity contribution is 0.100. The van der Waals surface area contributed by atoms with Crippen LogP contribution in [-0.4, -0.2) is 19.8 Å². The minimum atomic E-state index is 0.0329. The van der Waals surface area contributed by atoms with E-state index < -0.39 is 0 Å². The molecule has 0 aliphatic heterocycles. The van der Waals surface area contributed by atoms with Gasteiger partial charge in [0.15, 0.2) is 0 Å². The fourth-order valence-electron chi connectivity index (χ4n) is 1.80. The molecule has 1 aromatic rings. The van der Waals surface area contributed by atoms with Crippen molar-refractivity contribution >= 4 is 0 Å². The Labute approximate surface area is 116 Å². The molecular weight excluding hydrogens is 238 g/mol. The molecule has 0 saturated heterocycles. The normalized spacial score (nSPS) is 12.2. The summed E-state index contributed by atoms with van der Waals surface area (Å²) in [7, 11) is 0. The first-order valence-electron chi connectivity index (χ1n) is 6.88. The number of hydrogen-bond donors (Lipinski definition) is 1. The molecule has 106 valence electrons. The van der Waals surface area contributed by atoms with E-state index >= 15 is 0 Å². The summed E-state index contributed by atoms with van der Waals surface area (Å²) in [5.41, 5.74) is 8.14. The van der Waals surface area contributed by atoms with Gasteiger partial charge in [0.1, 0.15) is 12.4 Å². The molecule has 1 aromatic carbocycles. The Hall–Kier alpha value is -1.32. The first-order chi connectivity index (χ1) is 9.19. The second-order valence-corrected chi connectivity index (χ2v) is 4.61. The van der Waals surface area contributed by atoms with E-state index in [0.29, 0.717) is 13.2 Å². The average Bonchev–Trinajstić information content (AvgIpc) is 2.40. The second-order valence-electron chi connectivity index (χ2n) is 4.61. The molecule has 0 heterocycles. The monoisotopic (exact) mass is 263 g/mol. The number of ether oxygens (including phenoxy) is 2. The van der Waals surface area contributed by atoms with Crippen molar-refractivity contribution in [1.82, 2.24) is 0 Å². The maximum absolute atomic E-state index is 5.90. The van der Waals surface area contributed by atoms with Crippen molar-refractivity contribution in [2.45, 2.75) is 32.7 Å². The lowest BCUT2D eigenvalue weighted by Gasteiger charge is -2.14. The largest absolute Gasteiger partial charge is 0.491 e. The van der Waals surface area contributed by atoms with E-state index in [9.17, 15) is 0 Å². The predicted octanol–water partition coefficient (Wildman–Crippen LogP) is 3.24. The van der Waals surface area contributed by atoms with Gasteiger partial charge in [-0.25, -0.2) is 0 Å². The molecule has 0 saturated carbocycles. The van der Waals surface area contributed by atoms with Crippen LogP contribution >= 0.6 is 0 Å². The van der Waals surface area contributed by atoms with Crippen LogP contribution in [-0.2, 0) is 11.2 Å². The zero-order chi connectivity index (χ0) is 14.1. The lowest BCUT2D eigenvalue weighted by Crippen LogP contribution is -2.09. The topological polar surface area (TPSA) is 44.5 Å². The van der Waals surface area contributed by atoms with Gasteiger partial charge in [-0.15, -0.1) is 6.58 Å². The highest BCUT2D eigenvalue weighted by Gasteiger charge is 2.06. The van der Waals surface area contributed by atoms with Gasteiger partial charge in [0.25, 0.3) is 0 Å². The molecule has 3 heteroatoms. The van der Waals surface area contributed by atoms with E-state index in [-0.39, 0.29) is 6.04 Å². The first kappa shape index (κ1) is 15.7. The lowest BCUT2D eigenvalue weighted by atomic mass is 10.0. The molecule has 0 radical (unpaired) electrons. The molecule has 1 rings (SSSR count). The highest BCUT2D eigenvalue weighted by Crippen LogP contribution is 2.23. The average molecular weight is 263 g/mol. The summed E-state index contributed by atoms with van der Waals surface area (Å²) >= 11 is 0. The molecule has 19 heavy (non-hydrogen) atoms. The van der Waals surface area contributed by atoms with Gasteiger partial charge >= 0.3 is 0 Å². The van der Waals surface area contributed by atoms with E-state index in [2.05, 4.69) is 19.6 Å². The van der Waals surface area contributed by atoms with Crippen LogP contribution in [0.1, 0.15) is 37.4 Å². The molecule has 0 aromatic heterocycles. The summed E-state index contributed by atoms with van der Waals surface area (Å²) in [6.07, 6.45) is 3.69. The molecule has 1 atom stereocenters. The van der Waals surface area contributed by atoms with Crippen LogP contribution in [0.15, 0.2) is 30.9 Å². The summed E-state index contributed by atoms with van der Waals surface area (Å²) in [6.45, 7) is 9.83. The molecule has 3 nitrogen and oxygen atoms in total. The SMILES string of the molecule is C=CCc1cc(C(C)N)ccc1OCCOCCC. The third-order valence-corrected chi connectivity index (χ3v) is 2.81. The van der Waals surface area contributed by atoms with Crippen LogP contribution in [0.3, 0.4) is 0 Å². The van der Waals surface area contributed by atoms with E-state index in [4.69, 9.17) is 15.2 Å². The quantitative estimate of drug-likeness (QED) is 0.549. The molecule has 0 aliphatic rings. The van der Waals surface area contributed by atoms with Gasteiger partial charge in [0.05, 0.1) is 6.61 Å². The van der Waals surface area contributed by atoms with Crippen LogP contribution in [0.2, 0.25) is 0 Å². The smallest absolute Gasteiger partial charge is 0.122 e. The summed E-state index contributed by atoms with van der Waals surface area (Å²) in [5.74, 6) is 0.893. The van der Waals surface area contributed by atoms with Crippen LogP contribution in [0, 0.1) is 0 Å². The second kappa shape index (κ2) is 8.73. The standard InChI is InChI=1S/C16H25NO2/c1-4-6-15-12-14(13(3)17)7-8-16(15)19-11-10-18-9-5-2/h4,7-8,12-13H,1,5-6,9-11,17H2,2-3H3. The van der Waals surface area contributed by atoms with Crippen molar-refractivity contribution in [3.63, 3.8) is 0 Å². The van der Waals surface area contributed by atoms with Crippen molar-refractivity contribution < 1.29 is 9.47 Å². The fraction of sp³-hybridized carbons (Fsp3) is 0.500. The first-order valence-corrected chi connectivity index (χ1v) is 6.88. The molecule has 2 N–H and O–H groups in total. The Kier molecular flexibility index (Phi) is 7.23. The summed E-state index contributed by atoms with van der Waals surface area (Å²) < 4.78 is 11.2. The number of benzene rings is 1. The minimum Gasteiger partial charge on any atom is -0.491 e. The van der Waals surface area contributed by atoms with E-state index in [1.165, 1.54) is 0 Å². The molecule has 0 fully saturated rings. The van der Waals surface area contributed by atoms with Crippen molar-refractivity contribution in [3.05, 3.63) is 42.0 Å². The van der Waals surface area contributed by atoms with Crippen LogP contribution < -0.4 is 10.5 Å². The van der Waals surface area contributed by atoms with E-state index in [1.54, 1.807) is 0 Å². The van der Waals surface area contributed by atoms with Crippen molar-refractivity contribution in [3.8, 4) is 5.75 Å². The van der Waals surface area contributed by atoms with Gasteiger partial charge in [-0.2, -0.15) is 0 Å². The van der Waals surface area contributed by atoms with Gasteiger partial charge in [0, 0.05) is 12.6 Å². The van der Waals surface area contributed by atoms with Crippen LogP contribution in [0.4, 0.5) is 0 Å². The molecule has 0 aliphatic carbocycles. The maximum Gasteiger partial charge on any atom is 0.122 e. The van der Waals surface area contributed by atoms with Crippen molar-refractivity contribution in [2.75, 3.05) is 19.8 Å². The number of hydrogen-bond acceptors (Lipinski definition) is 3. The van der Waals surface area contributed by atoms with Gasteiger partial charge in [-0.3, -0.25) is 0 Å². The minimum absolute atomic E-state index is 0.0329. The zero-order valence-electron chi connectivity index (χ0n) is 12.0. The third-order valence-electron chi connectivity index (χ3n) is 2.81. The molecular formula is C16H25NO2. The molecule has 1 unspecified atom stereocenters. The van der Waals surface area contributed by atoms with Gasteiger partial charge in [-0.1, -0.05) is 25.1 Å². The summed E-state index contributed by atoms with van der Waals surface area (Å²) in [4.78, 5) is 0. The number of allylic oxidation sites excluding steroid dienone is 1. The van der Waals surface area contributed by atoms with E-state index in [0.717, 1.165) is 36.3 Å². The van der Waals surface area contributed by atoms with Gasteiger partial charge in [-0.05, 0) is 37.0 Å². The van der Waals surface area contributed by atoms with Crippen LogP contribution in [0.25, 0.3) is 0 Å². The highest BCUT2D eigenvalue weighted by molar-refractivity contribution is 5.39. The number of rotatable bonds is 9. The molecule has 0 bridgehead atoms. The maximum atomic E-state index is 5.90. The molecule has 0 spiro atoms. The predicted molar refractivity (Wildman–Crippen MR) is 79.6 cm³/mol. The summed E-state index contributed by atoms with van der Waals surface area (Å²) in [6, 6.07) is 6.12. The Morgan fingerprint density at radius 1 is 1.32 bits per heavy atom. The Morgan fingerprint density at radius 2 is 2.11 bits per heavy atom. The Bertz CT molecular complexity index is 388. The number of nitrogens with two attached hydrogens (primary N) is 1. The molecule has 0 amide bonds. The summed E-state index contributed by atoms with van der Waals surface area (Å²) in [5, 5.41) is 0. The van der Waals surface area contributed by atoms with Gasteiger partial charge < -0.3 is 15.2 Å².